The Labute approximate surface area is 119 Å². The third-order valence-corrected chi connectivity index (χ3v) is 4.23. The first-order valence-electron chi connectivity index (χ1n) is 5.75. The number of sulfonamides is 1. The van der Waals surface area contributed by atoms with Crippen molar-refractivity contribution in [3.8, 4) is 0 Å². The topological polar surface area (TPSA) is 72.2 Å². The summed E-state index contributed by atoms with van der Waals surface area (Å²) >= 11 is 0. The average Bonchev–Trinajstić information content (AvgIpc) is 2.42. The number of hydrogen-bond donors (Lipinski definition) is 2. The first-order chi connectivity index (χ1) is 9.74. The Bertz CT molecular complexity index is 807. The predicted octanol–water partition coefficient (Wildman–Crippen LogP) is 2.80. The van der Waals surface area contributed by atoms with E-state index in [4.69, 9.17) is 5.73 Å². The van der Waals surface area contributed by atoms with Crippen LogP contribution in [0.15, 0.2) is 35.2 Å². The number of nitrogens with two attached hydrogens (primary N) is 1. The van der Waals surface area contributed by atoms with E-state index in [1.807, 2.05) is 0 Å². The Morgan fingerprint density at radius 2 is 1.71 bits per heavy atom. The fourth-order valence-electron chi connectivity index (χ4n) is 1.69. The normalized spacial score (nSPS) is 11.4. The van der Waals surface area contributed by atoms with Gasteiger partial charge in [0, 0.05) is 0 Å². The molecule has 0 saturated carbocycles. The molecule has 2 aromatic carbocycles. The quantitative estimate of drug-likeness (QED) is 0.855. The highest BCUT2D eigenvalue weighted by atomic mass is 32.2. The summed E-state index contributed by atoms with van der Waals surface area (Å²) in [6, 6.07) is 5.22. The minimum Gasteiger partial charge on any atom is -0.395 e. The molecule has 0 unspecified atom stereocenters. The van der Waals surface area contributed by atoms with E-state index in [9.17, 15) is 21.6 Å². The molecule has 112 valence electrons. The van der Waals surface area contributed by atoms with Gasteiger partial charge in [0.05, 0.1) is 5.69 Å². The van der Waals surface area contributed by atoms with Gasteiger partial charge in [0.1, 0.15) is 22.2 Å². The Morgan fingerprint density at radius 1 is 1.05 bits per heavy atom. The first kappa shape index (κ1) is 15.2. The highest BCUT2D eigenvalue weighted by molar-refractivity contribution is 7.92. The number of nitrogen functional groups attached to an aromatic ring is 1. The summed E-state index contributed by atoms with van der Waals surface area (Å²) in [5, 5.41) is 0. The van der Waals surface area contributed by atoms with Gasteiger partial charge >= 0.3 is 0 Å². The van der Waals surface area contributed by atoms with Crippen molar-refractivity contribution < 1.29 is 21.6 Å². The van der Waals surface area contributed by atoms with Crippen LogP contribution in [0, 0.1) is 24.4 Å². The summed E-state index contributed by atoms with van der Waals surface area (Å²) in [5.74, 6) is -3.08. The van der Waals surface area contributed by atoms with Gasteiger partial charge in [-0.15, -0.1) is 0 Å². The Balaban J connectivity index is 2.53. The van der Waals surface area contributed by atoms with Gasteiger partial charge in [-0.2, -0.15) is 0 Å². The van der Waals surface area contributed by atoms with E-state index in [1.165, 1.54) is 13.0 Å². The molecule has 0 aromatic heterocycles. The molecule has 0 spiro atoms. The molecule has 8 heteroatoms. The maximum Gasteiger partial charge on any atom is 0.264 e. The molecular weight excluding hydrogens is 305 g/mol. The van der Waals surface area contributed by atoms with Crippen molar-refractivity contribution in [2.24, 2.45) is 0 Å². The minimum absolute atomic E-state index is 0.0568. The Hall–Kier alpha value is -2.22. The molecule has 0 aliphatic heterocycles. The number of nitrogens with one attached hydrogen (secondary N) is 1. The minimum atomic E-state index is -4.42. The summed E-state index contributed by atoms with van der Waals surface area (Å²) < 4.78 is 66.7. The van der Waals surface area contributed by atoms with Crippen molar-refractivity contribution in [3.05, 3.63) is 53.3 Å². The largest absolute Gasteiger partial charge is 0.395 e. The summed E-state index contributed by atoms with van der Waals surface area (Å²) in [6.45, 7) is 1.35. The number of anilines is 2. The van der Waals surface area contributed by atoms with Crippen LogP contribution in [-0.4, -0.2) is 8.42 Å². The zero-order valence-corrected chi connectivity index (χ0v) is 11.6. The number of halogens is 3. The maximum absolute atomic E-state index is 13.8. The second-order valence-electron chi connectivity index (χ2n) is 4.31. The lowest BCUT2D eigenvalue weighted by Gasteiger charge is -2.12. The molecule has 0 atom stereocenters. The lowest BCUT2D eigenvalue weighted by Crippen LogP contribution is -2.17. The van der Waals surface area contributed by atoms with Gasteiger partial charge in [-0.1, -0.05) is 12.1 Å². The summed E-state index contributed by atoms with van der Waals surface area (Å²) in [6.07, 6.45) is 0. The molecular formula is C13H11F3N2O2S. The van der Waals surface area contributed by atoms with E-state index in [0.29, 0.717) is 0 Å². The molecule has 2 rings (SSSR count). The van der Waals surface area contributed by atoms with Crippen LogP contribution in [0.4, 0.5) is 24.5 Å². The fourth-order valence-corrected chi connectivity index (χ4v) is 2.90. The Kier molecular flexibility index (Phi) is 3.82. The molecule has 0 aliphatic rings. The number of rotatable bonds is 3. The van der Waals surface area contributed by atoms with Gasteiger partial charge < -0.3 is 5.73 Å². The third kappa shape index (κ3) is 2.80. The zero-order valence-electron chi connectivity index (χ0n) is 10.8. The molecule has 0 heterocycles. The smallest absolute Gasteiger partial charge is 0.264 e. The Morgan fingerprint density at radius 3 is 2.38 bits per heavy atom. The van der Waals surface area contributed by atoms with E-state index in [2.05, 4.69) is 0 Å². The van der Waals surface area contributed by atoms with Gasteiger partial charge in [0.15, 0.2) is 5.82 Å². The van der Waals surface area contributed by atoms with Crippen LogP contribution in [0.2, 0.25) is 0 Å². The van der Waals surface area contributed by atoms with E-state index >= 15 is 0 Å². The SMILES string of the molecule is Cc1ccc(F)c(NS(=O)(=O)c2cccc(F)c2N)c1F. The first-order valence-corrected chi connectivity index (χ1v) is 7.24. The second kappa shape index (κ2) is 5.28. The zero-order chi connectivity index (χ0) is 15.8. The van der Waals surface area contributed by atoms with E-state index in [0.717, 1.165) is 24.3 Å². The van der Waals surface area contributed by atoms with Crippen LogP contribution >= 0.6 is 0 Å². The van der Waals surface area contributed by atoms with Crippen molar-refractivity contribution in [2.45, 2.75) is 11.8 Å². The van der Waals surface area contributed by atoms with Crippen LogP contribution in [0.3, 0.4) is 0 Å². The molecule has 0 aliphatic carbocycles. The highest BCUT2D eigenvalue weighted by Gasteiger charge is 2.23. The van der Waals surface area contributed by atoms with Crippen molar-refractivity contribution in [2.75, 3.05) is 10.5 Å². The fraction of sp³-hybridized carbons (Fsp3) is 0.0769. The van der Waals surface area contributed by atoms with E-state index in [1.54, 1.807) is 4.72 Å². The standard InChI is InChI=1S/C13H11F3N2O2S/c1-7-5-6-9(15)13(11(7)16)18-21(19,20)10-4-2-3-8(14)12(10)17/h2-6,18H,17H2,1H3. The molecule has 0 fully saturated rings. The van der Waals surface area contributed by atoms with Gasteiger partial charge in [-0.3, -0.25) is 4.72 Å². The van der Waals surface area contributed by atoms with Crippen molar-refractivity contribution >= 4 is 21.4 Å². The van der Waals surface area contributed by atoms with Crippen LogP contribution < -0.4 is 10.5 Å². The number of aryl methyl sites for hydroxylation is 1. The number of benzene rings is 2. The second-order valence-corrected chi connectivity index (χ2v) is 5.96. The van der Waals surface area contributed by atoms with E-state index in [-0.39, 0.29) is 5.56 Å². The maximum atomic E-state index is 13.8. The lowest BCUT2D eigenvalue weighted by molar-refractivity contribution is 0.578. The molecule has 0 amide bonds. The molecule has 21 heavy (non-hydrogen) atoms. The van der Waals surface area contributed by atoms with Crippen molar-refractivity contribution in [1.29, 1.82) is 0 Å². The van der Waals surface area contributed by atoms with Gasteiger partial charge in [0.25, 0.3) is 10.0 Å². The third-order valence-electron chi connectivity index (χ3n) is 2.82. The van der Waals surface area contributed by atoms with Crippen LogP contribution in [0.5, 0.6) is 0 Å². The summed E-state index contributed by atoms with van der Waals surface area (Å²) in [5.41, 5.74) is 3.94. The van der Waals surface area contributed by atoms with Crippen molar-refractivity contribution in [3.63, 3.8) is 0 Å². The van der Waals surface area contributed by atoms with Crippen LogP contribution in [0.1, 0.15) is 5.56 Å². The lowest BCUT2D eigenvalue weighted by atomic mass is 10.2. The molecule has 4 nitrogen and oxygen atoms in total. The molecule has 0 saturated heterocycles. The van der Waals surface area contributed by atoms with Gasteiger partial charge in [-0.25, -0.2) is 21.6 Å². The molecule has 2 aromatic rings. The predicted molar refractivity (Wildman–Crippen MR) is 72.7 cm³/mol. The highest BCUT2D eigenvalue weighted by Crippen LogP contribution is 2.27. The molecule has 3 N–H and O–H groups in total. The summed E-state index contributed by atoms with van der Waals surface area (Å²) in [4.78, 5) is -0.595. The molecule has 0 radical (unpaired) electrons. The van der Waals surface area contributed by atoms with E-state index < -0.39 is 43.7 Å². The summed E-state index contributed by atoms with van der Waals surface area (Å²) in [7, 11) is -4.42. The van der Waals surface area contributed by atoms with Gasteiger partial charge in [-0.05, 0) is 30.7 Å². The van der Waals surface area contributed by atoms with Crippen LogP contribution in [0.25, 0.3) is 0 Å². The van der Waals surface area contributed by atoms with Gasteiger partial charge in [0.2, 0.25) is 0 Å². The monoisotopic (exact) mass is 316 g/mol. The van der Waals surface area contributed by atoms with Crippen LogP contribution in [-0.2, 0) is 10.0 Å². The number of hydrogen-bond acceptors (Lipinski definition) is 3. The average molecular weight is 316 g/mol. The number of para-hydroxylation sites is 1. The van der Waals surface area contributed by atoms with Crippen molar-refractivity contribution in [1.82, 2.24) is 0 Å². The molecule has 0 bridgehead atoms.